The molecule has 0 atom stereocenters. The first kappa shape index (κ1) is 20.3. The van der Waals surface area contributed by atoms with Crippen molar-refractivity contribution in [1.82, 2.24) is 10.2 Å². The summed E-state index contributed by atoms with van der Waals surface area (Å²) in [5.74, 6) is -0.217. The predicted octanol–water partition coefficient (Wildman–Crippen LogP) is 3.55. The molecule has 0 aliphatic carbocycles. The lowest BCUT2D eigenvalue weighted by molar-refractivity contribution is -0.122. The summed E-state index contributed by atoms with van der Waals surface area (Å²) in [5.41, 5.74) is 1.55. The summed E-state index contributed by atoms with van der Waals surface area (Å²) in [5, 5.41) is 5.27. The average Bonchev–Trinajstić information content (AvgIpc) is 2.96. The van der Waals surface area contributed by atoms with Gasteiger partial charge in [-0.15, -0.1) is 6.58 Å². The maximum atomic E-state index is 12.2. The predicted molar refractivity (Wildman–Crippen MR) is 113 cm³/mol. The molecule has 1 aliphatic heterocycles. The smallest absolute Gasteiger partial charge is 0.329 e. The number of amides is 4. The fraction of sp³-hybridized carbons (Fsp3) is 0.0952. The first-order valence-corrected chi connectivity index (χ1v) is 9.50. The van der Waals surface area contributed by atoms with Gasteiger partial charge in [-0.3, -0.25) is 14.5 Å². The van der Waals surface area contributed by atoms with Crippen LogP contribution in [0.25, 0.3) is 6.08 Å². The first-order valence-electron chi connectivity index (χ1n) is 8.70. The number of carbonyl (C=O) groups is 3. The number of rotatable bonds is 7. The van der Waals surface area contributed by atoms with Crippen LogP contribution in [-0.4, -0.2) is 35.9 Å². The van der Waals surface area contributed by atoms with E-state index in [0.717, 1.165) is 4.90 Å². The lowest BCUT2D eigenvalue weighted by Gasteiger charge is -2.10. The van der Waals surface area contributed by atoms with Gasteiger partial charge < -0.3 is 15.4 Å². The largest absolute Gasteiger partial charge is 0.483 e. The van der Waals surface area contributed by atoms with Crippen LogP contribution in [0.2, 0.25) is 0 Å². The highest BCUT2D eigenvalue weighted by Gasteiger charge is 2.32. The molecule has 4 amide bonds. The van der Waals surface area contributed by atoms with Gasteiger partial charge in [-0.2, -0.15) is 0 Å². The third-order valence-corrected chi connectivity index (χ3v) is 4.58. The number of carbonyl (C=O) groups excluding carboxylic acids is 3. The summed E-state index contributed by atoms with van der Waals surface area (Å²) >= 11 is 3.40. The van der Waals surface area contributed by atoms with E-state index in [1.807, 2.05) is 18.2 Å². The molecule has 2 aromatic carbocycles. The maximum Gasteiger partial charge on any atom is 0.329 e. The third-order valence-electron chi connectivity index (χ3n) is 3.96. The number of ether oxygens (including phenoxy) is 1. The lowest BCUT2D eigenvalue weighted by atomic mass is 10.2. The van der Waals surface area contributed by atoms with Crippen molar-refractivity contribution in [3.8, 4) is 5.75 Å². The monoisotopic (exact) mass is 455 g/mol. The highest BCUT2D eigenvalue weighted by molar-refractivity contribution is 9.10. The summed E-state index contributed by atoms with van der Waals surface area (Å²) in [6, 6.07) is 13.7. The summed E-state index contributed by atoms with van der Waals surface area (Å²) < 4.78 is 6.16. The molecule has 2 aromatic rings. The molecule has 0 saturated carbocycles. The van der Waals surface area contributed by atoms with Crippen LogP contribution in [0.15, 0.2) is 71.4 Å². The second-order valence-corrected chi connectivity index (χ2v) is 6.94. The molecule has 0 bridgehead atoms. The van der Waals surface area contributed by atoms with Crippen molar-refractivity contribution in [3.05, 3.63) is 76.9 Å². The van der Waals surface area contributed by atoms with Gasteiger partial charge in [-0.05, 0) is 51.8 Å². The first-order chi connectivity index (χ1) is 14.0. The van der Waals surface area contributed by atoms with Gasteiger partial charge in [0.25, 0.3) is 11.8 Å². The number of imide groups is 1. The Kier molecular flexibility index (Phi) is 6.46. The molecule has 7 nitrogen and oxygen atoms in total. The number of anilines is 1. The molecule has 1 fully saturated rings. The van der Waals surface area contributed by atoms with Crippen molar-refractivity contribution >= 4 is 45.5 Å². The van der Waals surface area contributed by atoms with Crippen LogP contribution in [0, 0.1) is 0 Å². The normalized spacial score (nSPS) is 14.7. The topological polar surface area (TPSA) is 87.7 Å². The minimum Gasteiger partial charge on any atom is -0.483 e. The highest BCUT2D eigenvalue weighted by Crippen LogP contribution is 2.27. The van der Waals surface area contributed by atoms with E-state index in [-0.39, 0.29) is 24.8 Å². The molecular weight excluding hydrogens is 438 g/mol. The van der Waals surface area contributed by atoms with Crippen LogP contribution in [0.4, 0.5) is 10.5 Å². The minimum absolute atomic E-state index is 0.142. The zero-order valence-corrected chi connectivity index (χ0v) is 16.9. The van der Waals surface area contributed by atoms with Gasteiger partial charge in [0.05, 0.1) is 4.47 Å². The zero-order valence-electron chi connectivity index (χ0n) is 15.4. The van der Waals surface area contributed by atoms with Crippen molar-refractivity contribution in [2.45, 2.75) is 0 Å². The number of halogens is 1. The fourth-order valence-corrected chi connectivity index (χ4v) is 3.13. The Balaban J connectivity index is 1.63. The molecule has 0 aromatic heterocycles. The van der Waals surface area contributed by atoms with Crippen LogP contribution in [0.5, 0.6) is 5.75 Å². The Bertz CT molecular complexity index is 989. The van der Waals surface area contributed by atoms with Crippen molar-refractivity contribution in [2.75, 3.05) is 18.5 Å². The van der Waals surface area contributed by atoms with E-state index in [1.165, 1.54) is 6.08 Å². The molecule has 1 aliphatic rings. The van der Waals surface area contributed by atoms with Crippen molar-refractivity contribution in [2.24, 2.45) is 0 Å². The zero-order chi connectivity index (χ0) is 20.8. The number of hydrogen-bond donors (Lipinski definition) is 2. The third kappa shape index (κ3) is 5.11. The summed E-state index contributed by atoms with van der Waals surface area (Å²) in [6.07, 6.45) is 3.05. The SMILES string of the molecule is C=CCN1C(=O)N/C(=C/c2ccc(OCC(=O)Nc3ccccc3)c(Br)c2)C1=O. The summed E-state index contributed by atoms with van der Waals surface area (Å²) in [7, 11) is 0. The van der Waals surface area contributed by atoms with Crippen LogP contribution in [-0.2, 0) is 9.59 Å². The van der Waals surface area contributed by atoms with Gasteiger partial charge in [0.1, 0.15) is 11.4 Å². The van der Waals surface area contributed by atoms with E-state index >= 15 is 0 Å². The lowest BCUT2D eigenvalue weighted by Crippen LogP contribution is -2.30. The van der Waals surface area contributed by atoms with Crippen LogP contribution in [0.1, 0.15) is 5.56 Å². The molecule has 1 heterocycles. The number of urea groups is 1. The van der Waals surface area contributed by atoms with E-state index in [1.54, 1.807) is 36.4 Å². The van der Waals surface area contributed by atoms with Crippen LogP contribution in [0.3, 0.4) is 0 Å². The summed E-state index contributed by atoms with van der Waals surface area (Å²) in [6.45, 7) is 3.52. The van der Waals surface area contributed by atoms with E-state index in [9.17, 15) is 14.4 Å². The quantitative estimate of drug-likeness (QED) is 0.379. The molecule has 2 N–H and O–H groups in total. The molecule has 8 heteroatoms. The van der Waals surface area contributed by atoms with Crippen LogP contribution >= 0.6 is 15.9 Å². The number of nitrogens with zero attached hydrogens (tertiary/aromatic N) is 1. The molecule has 29 heavy (non-hydrogen) atoms. The Labute approximate surface area is 176 Å². The average molecular weight is 456 g/mol. The standard InChI is InChI=1S/C21H18BrN3O4/c1-2-10-25-20(27)17(24-21(25)28)12-14-8-9-18(16(22)11-14)29-13-19(26)23-15-6-4-3-5-7-15/h2-9,11-12H,1,10,13H2,(H,23,26)(H,24,28)/b17-12+. The molecule has 0 radical (unpaired) electrons. The second-order valence-electron chi connectivity index (χ2n) is 6.09. The van der Waals surface area contributed by atoms with Crippen molar-refractivity contribution in [1.29, 1.82) is 0 Å². The molecule has 0 unspecified atom stereocenters. The Morgan fingerprint density at radius 2 is 1.97 bits per heavy atom. The van der Waals surface area contributed by atoms with Gasteiger partial charge in [-0.25, -0.2) is 4.79 Å². The Morgan fingerprint density at radius 1 is 1.21 bits per heavy atom. The molecular formula is C21H18BrN3O4. The van der Waals surface area contributed by atoms with Crippen molar-refractivity contribution in [3.63, 3.8) is 0 Å². The Morgan fingerprint density at radius 3 is 2.66 bits per heavy atom. The van der Waals surface area contributed by atoms with E-state index < -0.39 is 11.9 Å². The van der Waals surface area contributed by atoms with Gasteiger partial charge in [0.15, 0.2) is 6.61 Å². The molecule has 0 spiro atoms. The van der Waals surface area contributed by atoms with Gasteiger partial charge >= 0.3 is 6.03 Å². The Hall–Kier alpha value is -3.39. The van der Waals surface area contributed by atoms with Gasteiger partial charge in [0.2, 0.25) is 0 Å². The molecule has 148 valence electrons. The minimum atomic E-state index is -0.482. The number of benzene rings is 2. The fourth-order valence-electron chi connectivity index (χ4n) is 2.62. The number of hydrogen-bond acceptors (Lipinski definition) is 4. The van der Waals surface area contributed by atoms with E-state index in [2.05, 4.69) is 33.1 Å². The van der Waals surface area contributed by atoms with Gasteiger partial charge in [0, 0.05) is 12.2 Å². The van der Waals surface area contributed by atoms with Gasteiger partial charge in [-0.1, -0.05) is 30.3 Å². The highest BCUT2D eigenvalue weighted by atomic mass is 79.9. The summed E-state index contributed by atoms with van der Waals surface area (Å²) in [4.78, 5) is 37.1. The van der Waals surface area contributed by atoms with Crippen LogP contribution < -0.4 is 15.4 Å². The van der Waals surface area contributed by atoms with E-state index in [0.29, 0.717) is 21.5 Å². The second kappa shape index (κ2) is 9.20. The number of para-hydroxylation sites is 1. The maximum absolute atomic E-state index is 12.2. The molecule has 1 saturated heterocycles. The van der Waals surface area contributed by atoms with Crippen molar-refractivity contribution < 1.29 is 19.1 Å². The van der Waals surface area contributed by atoms with E-state index in [4.69, 9.17) is 4.74 Å². The number of nitrogens with one attached hydrogen (secondary N) is 2. The molecule has 3 rings (SSSR count).